The van der Waals surface area contributed by atoms with Crippen LogP contribution in [0.3, 0.4) is 0 Å². The van der Waals surface area contributed by atoms with Crippen LogP contribution >= 0.6 is 0 Å². The molecule has 0 unspecified atom stereocenters. The van der Waals surface area contributed by atoms with Crippen LogP contribution in [0.1, 0.15) is 11.1 Å². The molecule has 1 aromatic rings. The normalized spacial score (nSPS) is 10.4. The third-order valence-electron chi connectivity index (χ3n) is 2.17. The van der Waals surface area contributed by atoms with E-state index in [4.69, 9.17) is 9.94 Å². The van der Waals surface area contributed by atoms with Crippen molar-refractivity contribution in [3.63, 3.8) is 0 Å². The maximum Gasteiger partial charge on any atom is 0.270 e. The average molecular weight is 222 g/mol. The first kappa shape index (κ1) is 12.0. The monoisotopic (exact) mass is 222 g/mol. The highest BCUT2D eigenvalue weighted by Gasteiger charge is 2.07. The van der Waals surface area contributed by atoms with Gasteiger partial charge in [0.2, 0.25) is 0 Å². The Morgan fingerprint density at radius 1 is 1.44 bits per heavy atom. The van der Waals surface area contributed by atoms with E-state index in [9.17, 15) is 4.79 Å². The molecule has 16 heavy (non-hydrogen) atoms. The summed E-state index contributed by atoms with van der Waals surface area (Å²) in [7, 11) is 1.59. The van der Waals surface area contributed by atoms with Crippen LogP contribution in [-0.2, 0) is 4.79 Å². The standard InChI is InChI=1S/C11H14N2O3/c1-7-4-9(16-3)5-8(2)11(7)13-10(14)6-12-15/h4-6,15H,1-3H3,(H,13,14)/b12-6+. The second-order valence-corrected chi connectivity index (χ2v) is 3.37. The molecule has 0 radical (unpaired) electrons. The van der Waals surface area contributed by atoms with E-state index in [2.05, 4.69) is 10.5 Å². The highest BCUT2D eigenvalue weighted by Crippen LogP contribution is 2.25. The zero-order chi connectivity index (χ0) is 12.1. The molecule has 0 atom stereocenters. The average Bonchev–Trinajstić information content (AvgIpc) is 2.23. The van der Waals surface area contributed by atoms with Crippen molar-refractivity contribution in [2.45, 2.75) is 13.8 Å². The van der Waals surface area contributed by atoms with Gasteiger partial charge in [-0.1, -0.05) is 5.16 Å². The molecule has 0 aromatic heterocycles. The number of carbonyl (C=O) groups is 1. The van der Waals surface area contributed by atoms with Gasteiger partial charge in [-0.3, -0.25) is 4.79 Å². The van der Waals surface area contributed by atoms with E-state index in [0.29, 0.717) is 5.69 Å². The molecule has 0 saturated heterocycles. The first-order valence-electron chi connectivity index (χ1n) is 4.72. The molecule has 0 heterocycles. The van der Waals surface area contributed by atoms with Gasteiger partial charge in [-0.25, -0.2) is 0 Å². The van der Waals surface area contributed by atoms with Crippen LogP contribution in [-0.4, -0.2) is 24.4 Å². The van der Waals surface area contributed by atoms with Gasteiger partial charge in [0.25, 0.3) is 5.91 Å². The van der Waals surface area contributed by atoms with Gasteiger partial charge in [-0.05, 0) is 37.1 Å². The Morgan fingerprint density at radius 2 is 2.00 bits per heavy atom. The molecule has 0 aliphatic carbocycles. The summed E-state index contributed by atoms with van der Waals surface area (Å²) in [5.74, 6) is 0.266. The Morgan fingerprint density at radius 3 is 2.44 bits per heavy atom. The molecular weight excluding hydrogens is 208 g/mol. The molecule has 0 saturated carbocycles. The Bertz CT molecular complexity index is 404. The number of hydrogen-bond acceptors (Lipinski definition) is 4. The number of oxime groups is 1. The zero-order valence-electron chi connectivity index (χ0n) is 9.44. The smallest absolute Gasteiger partial charge is 0.270 e. The van der Waals surface area contributed by atoms with Gasteiger partial charge >= 0.3 is 0 Å². The predicted molar refractivity (Wildman–Crippen MR) is 61.4 cm³/mol. The lowest BCUT2D eigenvalue weighted by molar-refractivity contribution is -0.110. The molecule has 0 aliphatic rings. The van der Waals surface area contributed by atoms with Crippen LogP contribution in [0.15, 0.2) is 17.3 Å². The van der Waals surface area contributed by atoms with Crippen molar-refractivity contribution in [3.8, 4) is 5.75 Å². The molecule has 0 fully saturated rings. The summed E-state index contributed by atoms with van der Waals surface area (Å²) >= 11 is 0. The molecule has 2 N–H and O–H groups in total. The Labute approximate surface area is 93.7 Å². The summed E-state index contributed by atoms with van der Waals surface area (Å²) in [6.45, 7) is 3.72. The first-order valence-corrected chi connectivity index (χ1v) is 4.72. The molecule has 1 aromatic carbocycles. The van der Waals surface area contributed by atoms with Crippen molar-refractivity contribution in [1.82, 2.24) is 0 Å². The maximum absolute atomic E-state index is 11.2. The van der Waals surface area contributed by atoms with Gasteiger partial charge in [0.1, 0.15) is 12.0 Å². The van der Waals surface area contributed by atoms with Crippen LogP contribution in [0.25, 0.3) is 0 Å². The molecule has 0 spiro atoms. The number of nitrogens with zero attached hydrogens (tertiary/aromatic N) is 1. The fraction of sp³-hybridized carbons (Fsp3) is 0.273. The second-order valence-electron chi connectivity index (χ2n) is 3.37. The quantitative estimate of drug-likeness (QED) is 0.464. The number of carbonyl (C=O) groups excluding carboxylic acids is 1. The first-order chi connectivity index (χ1) is 7.58. The van der Waals surface area contributed by atoms with Crippen molar-refractivity contribution < 1.29 is 14.7 Å². The van der Waals surface area contributed by atoms with Gasteiger partial charge in [-0.2, -0.15) is 0 Å². The molecule has 1 rings (SSSR count). The summed E-state index contributed by atoms with van der Waals surface area (Å²) in [5.41, 5.74) is 2.47. The van der Waals surface area contributed by atoms with Crippen molar-refractivity contribution in [3.05, 3.63) is 23.3 Å². The molecule has 86 valence electrons. The number of methoxy groups -OCH3 is 1. The summed E-state index contributed by atoms with van der Waals surface area (Å²) < 4.78 is 5.10. The van der Waals surface area contributed by atoms with E-state index >= 15 is 0 Å². The van der Waals surface area contributed by atoms with Crippen LogP contribution in [0.2, 0.25) is 0 Å². The van der Waals surface area contributed by atoms with E-state index < -0.39 is 5.91 Å². The summed E-state index contributed by atoms with van der Waals surface area (Å²) in [6, 6.07) is 3.64. The summed E-state index contributed by atoms with van der Waals surface area (Å²) in [5, 5.41) is 13.5. The Kier molecular flexibility index (Phi) is 3.88. The number of aryl methyl sites for hydroxylation is 2. The minimum Gasteiger partial charge on any atom is -0.497 e. The van der Waals surface area contributed by atoms with E-state index in [1.165, 1.54) is 0 Å². The third-order valence-corrected chi connectivity index (χ3v) is 2.17. The fourth-order valence-electron chi connectivity index (χ4n) is 1.45. The fourth-order valence-corrected chi connectivity index (χ4v) is 1.45. The molecular formula is C11H14N2O3. The molecule has 5 heteroatoms. The Balaban J connectivity index is 3.01. The highest BCUT2D eigenvalue weighted by molar-refractivity contribution is 6.31. The van der Waals surface area contributed by atoms with Gasteiger partial charge in [0.15, 0.2) is 0 Å². The van der Waals surface area contributed by atoms with Crippen molar-refractivity contribution in [2.75, 3.05) is 12.4 Å². The Hall–Kier alpha value is -2.04. The SMILES string of the molecule is COc1cc(C)c(NC(=O)/C=N/O)c(C)c1. The number of ether oxygens (including phenoxy) is 1. The third kappa shape index (κ3) is 2.73. The summed E-state index contributed by atoms with van der Waals surface area (Å²) in [4.78, 5) is 11.2. The molecule has 0 bridgehead atoms. The van der Waals surface area contributed by atoms with E-state index in [-0.39, 0.29) is 0 Å². The number of nitrogens with one attached hydrogen (secondary N) is 1. The highest BCUT2D eigenvalue weighted by atomic mass is 16.5. The van der Waals surface area contributed by atoms with Gasteiger partial charge < -0.3 is 15.3 Å². The predicted octanol–water partition coefficient (Wildman–Crippen LogP) is 1.71. The van der Waals surface area contributed by atoms with Crippen molar-refractivity contribution >= 4 is 17.8 Å². The minimum atomic E-state index is -0.473. The lowest BCUT2D eigenvalue weighted by Crippen LogP contribution is -2.14. The lowest BCUT2D eigenvalue weighted by atomic mass is 10.1. The number of anilines is 1. The van der Waals surface area contributed by atoms with E-state index in [1.807, 2.05) is 26.0 Å². The topological polar surface area (TPSA) is 70.9 Å². The van der Waals surface area contributed by atoms with Crippen LogP contribution in [0, 0.1) is 13.8 Å². The van der Waals surface area contributed by atoms with Crippen LogP contribution in [0.4, 0.5) is 5.69 Å². The number of amides is 1. The van der Waals surface area contributed by atoms with Crippen LogP contribution < -0.4 is 10.1 Å². The largest absolute Gasteiger partial charge is 0.497 e. The molecule has 0 aliphatic heterocycles. The number of rotatable bonds is 3. The number of hydrogen-bond donors (Lipinski definition) is 2. The molecule has 5 nitrogen and oxygen atoms in total. The van der Waals surface area contributed by atoms with Crippen molar-refractivity contribution in [1.29, 1.82) is 0 Å². The maximum atomic E-state index is 11.2. The summed E-state index contributed by atoms with van der Waals surface area (Å²) in [6.07, 6.45) is 0.809. The zero-order valence-corrected chi connectivity index (χ0v) is 9.44. The second kappa shape index (κ2) is 5.16. The van der Waals surface area contributed by atoms with Gasteiger partial charge in [0.05, 0.1) is 7.11 Å². The van der Waals surface area contributed by atoms with Gasteiger partial charge in [0, 0.05) is 5.69 Å². The van der Waals surface area contributed by atoms with E-state index in [0.717, 1.165) is 23.1 Å². The number of benzene rings is 1. The van der Waals surface area contributed by atoms with Gasteiger partial charge in [-0.15, -0.1) is 0 Å². The van der Waals surface area contributed by atoms with Crippen LogP contribution in [0.5, 0.6) is 5.75 Å². The van der Waals surface area contributed by atoms with Crippen molar-refractivity contribution in [2.24, 2.45) is 5.16 Å². The molecule has 1 amide bonds. The lowest BCUT2D eigenvalue weighted by Gasteiger charge is -2.11. The minimum absolute atomic E-state index is 0.473. The van der Waals surface area contributed by atoms with E-state index in [1.54, 1.807) is 7.11 Å².